The van der Waals surface area contributed by atoms with Gasteiger partial charge in [0.15, 0.2) is 5.60 Å². The van der Waals surface area contributed by atoms with E-state index in [0.717, 1.165) is 31.6 Å². The van der Waals surface area contributed by atoms with Gasteiger partial charge in [0.05, 0.1) is 13.2 Å². The van der Waals surface area contributed by atoms with Crippen molar-refractivity contribution in [3.63, 3.8) is 0 Å². The van der Waals surface area contributed by atoms with Crippen LogP contribution in [0, 0.1) is 0 Å². The van der Waals surface area contributed by atoms with E-state index in [4.69, 9.17) is 9.47 Å². The number of likely N-dealkylation sites (tertiary alicyclic amines) is 1. The molecule has 1 saturated heterocycles. The summed E-state index contributed by atoms with van der Waals surface area (Å²) in [6, 6.07) is 12.3. The molecule has 2 aliphatic rings. The summed E-state index contributed by atoms with van der Waals surface area (Å²) in [4.78, 5) is 14.2. The van der Waals surface area contributed by atoms with Crippen molar-refractivity contribution in [3.8, 4) is 5.75 Å². The lowest BCUT2D eigenvalue weighted by atomic mass is 9.83. The smallest absolute Gasteiger partial charge is 0.409 e. The summed E-state index contributed by atoms with van der Waals surface area (Å²) in [6.07, 6.45) is 6.58. The SMILES string of the molecule is CCCOC(=O)N1CCCC2(C1)Oc1ccccc1C2n1cccc1. The van der Waals surface area contributed by atoms with Gasteiger partial charge in [-0.3, -0.25) is 0 Å². The molecule has 1 fully saturated rings. The molecule has 4 rings (SSSR count). The maximum absolute atomic E-state index is 12.4. The van der Waals surface area contributed by atoms with Gasteiger partial charge in [-0.25, -0.2) is 4.79 Å². The summed E-state index contributed by atoms with van der Waals surface area (Å²) in [5.74, 6) is 0.921. The summed E-state index contributed by atoms with van der Waals surface area (Å²) in [7, 11) is 0. The predicted octanol–water partition coefficient (Wildman–Crippen LogP) is 3.85. The zero-order valence-corrected chi connectivity index (χ0v) is 14.6. The van der Waals surface area contributed by atoms with Gasteiger partial charge in [-0.2, -0.15) is 0 Å². The fourth-order valence-corrected chi connectivity index (χ4v) is 4.10. The van der Waals surface area contributed by atoms with Crippen molar-refractivity contribution in [1.29, 1.82) is 0 Å². The maximum Gasteiger partial charge on any atom is 0.409 e. The van der Waals surface area contributed by atoms with Crippen molar-refractivity contribution in [2.45, 2.75) is 37.8 Å². The van der Waals surface area contributed by atoms with E-state index in [1.807, 2.05) is 42.2 Å². The summed E-state index contributed by atoms with van der Waals surface area (Å²) in [5, 5.41) is 0. The van der Waals surface area contributed by atoms with Crippen LogP contribution in [-0.4, -0.2) is 40.9 Å². The van der Waals surface area contributed by atoms with Crippen LogP contribution in [0.3, 0.4) is 0 Å². The van der Waals surface area contributed by atoms with Gasteiger partial charge in [-0.15, -0.1) is 0 Å². The Kier molecular flexibility index (Phi) is 4.15. The lowest BCUT2D eigenvalue weighted by Crippen LogP contribution is -2.55. The highest BCUT2D eigenvalue weighted by Gasteiger charge is 2.52. The van der Waals surface area contributed by atoms with Crippen LogP contribution in [0.25, 0.3) is 0 Å². The zero-order chi connectivity index (χ0) is 17.3. The van der Waals surface area contributed by atoms with Crippen molar-refractivity contribution < 1.29 is 14.3 Å². The third kappa shape index (κ3) is 2.77. The molecule has 1 aromatic carbocycles. The number of fused-ring (bicyclic) bond motifs is 1. The lowest BCUT2D eigenvalue weighted by Gasteiger charge is -2.42. The van der Waals surface area contributed by atoms with Crippen molar-refractivity contribution in [1.82, 2.24) is 9.47 Å². The molecule has 0 N–H and O–H groups in total. The average molecular weight is 340 g/mol. The lowest BCUT2D eigenvalue weighted by molar-refractivity contribution is -0.0171. The summed E-state index contributed by atoms with van der Waals surface area (Å²) in [6.45, 7) is 3.74. The first-order valence-corrected chi connectivity index (χ1v) is 9.05. The molecule has 1 amide bonds. The standard InChI is InChI=1S/C20H24N2O3/c1-2-14-24-19(23)22-13-7-10-20(15-22)18(21-11-5-6-12-21)16-8-3-4-9-17(16)25-20/h3-6,8-9,11-12,18H,2,7,10,13-15H2,1H3. The average Bonchev–Trinajstić information content (AvgIpc) is 3.24. The molecular weight excluding hydrogens is 316 g/mol. The quantitative estimate of drug-likeness (QED) is 0.852. The summed E-state index contributed by atoms with van der Waals surface area (Å²) < 4.78 is 14.0. The van der Waals surface area contributed by atoms with Crippen LogP contribution in [0.15, 0.2) is 48.8 Å². The highest BCUT2D eigenvalue weighted by molar-refractivity contribution is 5.68. The van der Waals surface area contributed by atoms with Gasteiger partial charge in [-0.05, 0) is 37.5 Å². The molecular formula is C20H24N2O3. The Hall–Kier alpha value is -2.43. The van der Waals surface area contributed by atoms with Gasteiger partial charge in [0, 0.05) is 24.5 Å². The Bertz CT molecular complexity index is 743. The summed E-state index contributed by atoms with van der Waals surface area (Å²) in [5.41, 5.74) is 0.745. The Labute approximate surface area is 148 Å². The number of ether oxygens (including phenoxy) is 2. The molecule has 132 valence electrons. The molecule has 0 bridgehead atoms. The number of aromatic nitrogens is 1. The first-order valence-electron chi connectivity index (χ1n) is 9.05. The second kappa shape index (κ2) is 6.47. The number of nitrogens with zero attached hydrogens (tertiary/aromatic N) is 2. The van der Waals surface area contributed by atoms with E-state index < -0.39 is 5.60 Å². The third-order valence-electron chi connectivity index (χ3n) is 5.13. The molecule has 2 unspecified atom stereocenters. The van der Waals surface area contributed by atoms with E-state index in [1.165, 1.54) is 5.56 Å². The molecule has 1 spiro atoms. The minimum absolute atomic E-state index is 0.0699. The normalized spacial score (nSPS) is 24.8. The molecule has 2 aromatic rings. The Morgan fingerprint density at radius 1 is 1.28 bits per heavy atom. The first kappa shape index (κ1) is 16.1. The van der Waals surface area contributed by atoms with E-state index >= 15 is 0 Å². The monoisotopic (exact) mass is 340 g/mol. The predicted molar refractivity (Wildman–Crippen MR) is 94.8 cm³/mol. The molecule has 0 aliphatic carbocycles. The molecule has 3 heterocycles. The molecule has 2 aliphatic heterocycles. The second-order valence-electron chi connectivity index (χ2n) is 6.88. The number of hydrogen-bond donors (Lipinski definition) is 0. The number of carbonyl (C=O) groups is 1. The molecule has 25 heavy (non-hydrogen) atoms. The van der Waals surface area contributed by atoms with Crippen molar-refractivity contribution in [2.75, 3.05) is 19.7 Å². The fourth-order valence-electron chi connectivity index (χ4n) is 4.10. The van der Waals surface area contributed by atoms with E-state index in [1.54, 1.807) is 0 Å². The number of hydrogen-bond acceptors (Lipinski definition) is 3. The van der Waals surface area contributed by atoms with E-state index in [2.05, 4.69) is 23.0 Å². The minimum Gasteiger partial charge on any atom is -0.483 e. The van der Waals surface area contributed by atoms with Crippen LogP contribution in [0.4, 0.5) is 4.79 Å². The first-order chi connectivity index (χ1) is 12.2. The van der Waals surface area contributed by atoms with Crippen molar-refractivity contribution in [2.24, 2.45) is 0 Å². The molecule has 0 radical (unpaired) electrons. The van der Waals surface area contributed by atoms with Crippen LogP contribution < -0.4 is 4.74 Å². The molecule has 0 saturated carbocycles. The number of para-hydroxylation sites is 1. The molecule has 2 atom stereocenters. The van der Waals surface area contributed by atoms with Crippen LogP contribution in [0.1, 0.15) is 37.8 Å². The van der Waals surface area contributed by atoms with Crippen molar-refractivity contribution >= 4 is 6.09 Å². The third-order valence-corrected chi connectivity index (χ3v) is 5.13. The second-order valence-corrected chi connectivity index (χ2v) is 6.88. The summed E-state index contributed by atoms with van der Waals surface area (Å²) >= 11 is 0. The number of piperidine rings is 1. The number of benzene rings is 1. The van der Waals surface area contributed by atoms with Crippen LogP contribution in [0.2, 0.25) is 0 Å². The number of rotatable bonds is 3. The largest absolute Gasteiger partial charge is 0.483 e. The topological polar surface area (TPSA) is 43.7 Å². The zero-order valence-electron chi connectivity index (χ0n) is 14.6. The molecule has 1 aromatic heterocycles. The van der Waals surface area contributed by atoms with E-state index in [0.29, 0.717) is 13.2 Å². The maximum atomic E-state index is 12.4. The van der Waals surface area contributed by atoms with Crippen LogP contribution in [0.5, 0.6) is 5.75 Å². The van der Waals surface area contributed by atoms with Gasteiger partial charge in [0.2, 0.25) is 0 Å². The van der Waals surface area contributed by atoms with Crippen molar-refractivity contribution in [3.05, 3.63) is 54.4 Å². The minimum atomic E-state index is -0.438. The Balaban J connectivity index is 1.66. The van der Waals surface area contributed by atoms with E-state index in [-0.39, 0.29) is 12.1 Å². The van der Waals surface area contributed by atoms with Crippen LogP contribution in [-0.2, 0) is 4.74 Å². The Morgan fingerprint density at radius 3 is 2.88 bits per heavy atom. The number of carbonyl (C=O) groups excluding carboxylic acids is 1. The van der Waals surface area contributed by atoms with E-state index in [9.17, 15) is 4.79 Å². The van der Waals surface area contributed by atoms with Gasteiger partial charge in [-0.1, -0.05) is 25.1 Å². The van der Waals surface area contributed by atoms with Gasteiger partial charge >= 0.3 is 6.09 Å². The van der Waals surface area contributed by atoms with Gasteiger partial charge in [0.1, 0.15) is 11.8 Å². The molecule has 5 heteroatoms. The number of amides is 1. The fraction of sp³-hybridized carbons (Fsp3) is 0.450. The van der Waals surface area contributed by atoms with Crippen LogP contribution >= 0.6 is 0 Å². The highest BCUT2D eigenvalue weighted by atomic mass is 16.6. The highest BCUT2D eigenvalue weighted by Crippen LogP contribution is 2.49. The van der Waals surface area contributed by atoms with Gasteiger partial charge in [0.25, 0.3) is 0 Å². The molecule has 5 nitrogen and oxygen atoms in total. The Morgan fingerprint density at radius 2 is 2.08 bits per heavy atom. The van der Waals surface area contributed by atoms with Gasteiger partial charge < -0.3 is 18.9 Å².